The fourth-order valence-corrected chi connectivity index (χ4v) is 2.73. The summed E-state index contributed by atoms with van der Waals surface area (Å²) in [6.07, 6.45) is 3.41. The standard InChI is InChI=1S/C20H23N3O2/c1-20(2,3)15-8-4-5-9-17(15)25-13-11-21-19(24)16-14-22-18-10-6-7-12-23(16)18/h4-10,12,14H,11,13H2,1-3H3,(H,21,24). The monoisotopic (exact) mass is 337 g/mol. The number of fused-ring (bicyclic) bond motifs is 1. The lowest BCUT2D eigenvalue weighted by molar-refractivity contribution is 0.0941. The number of nitrogens with zero attached hydrogens (tertiary/aromatic N) is 2. The average molecular weight is 337 g/mol. The number of hydrogen-bond donors (Lipinski definition) is 1. The summed E-state index contributed by atoms with van der Waals surface area (Å²) in [5, 5.41) is 2.88. The molecule has 0 fully saturated rings. The molecule has 0 radical (unpaired) electrons. The molecule has 0 aliphatic carbocycles. The highest BCUT2D eigenvalue weighted by atomic mass is 16.5. The summed E-state index contributed by atoms with van der Waals surface area (Å²) in [7, 11) is 0. The van der Waals surface area contributed by atoms with E-state index in [0.717, 1.165) is 17.0 Å². The van der Waals surface area contributed by atoms with Crippen molar-refractivity contribution in [3.05, 3.63) is 66.1 Å². The number of pyridine rings is 1. The van der Waals surface area contributed by atoms with Crippen LogP contribution in [0.5, 0.6) is 5.75 Å². The molecule has 130 valence electrons. The quantitative estimate of drug-likeness (QED) is 0.726. The summed E-state index contributed by atoms with van der Waals surface area (Å²) in [6.45, 7) is 7.30. The average Bonchev–Trinajstić information content (AvgIpc) is 3.02. The molecular formula is C20H23N3O2. The Kier molecular flexibility index (Phi) is 4.74. The number of aromatic nitrogens is 2. The van der Waals surface area contributed by atoms with Gasteiger partial charge >= 0.3 is 0 Å². The minimum absolute atomic E-state index is 0.0103. The third-order valence-corrected chi connectivity index (χ3v) is 3.99. The van der Waals surface area contributed by atoms with E-state index in [2.05, 4.69) is 37.1 Å². The van der Waals surface area contributed by atoms with Crippen LogP contribution < -0.4 is 10.1 Å². The van der Waals surface area contributed by atoms with E-state index < -0.39 is 0 Å². The molecule has 0 saturated carbocycles. The lowest BCUT2D eigenvalue weighted by Gasteiger charge is -2.22. The molecule has 1 aromatic carbocycles. The Morgan fingerprint density at radius 1 is 1.16 bits per heavy atom. The molecule has 0 aliphatic heterocycles. The van der Waals surface area contributed by atoms with E-state index in [1.54, 1.807) is 10.6 Å². The Hall–Kier alpha value is -2.82. The first kappa shape index (κ1) is 17.0. The zero-order valence-electron chi connectivity index (χ0n) is 14.8. The number of rotatable bonds is 5. The van der Waals surface area contributed by atoms with Crippen molar-refractivity contribution in [3.8, 4) is 5.75 Å². The van der Waals surface area contributed by atoms with Crippen LogP contribution in [0.1, 0.15) is 36.8 Å². The zero-order valence-corrected chi connectivity index (χ0v) is 14.8. The summed E-state index contributed by atoms with van der Waals surface area (Å²) in [4.78, 5) is 16.6. The molecule has 2 heterocycles. The number of carbonyl (C=O) groups is 1. The third-order valence-electron chi connectivity index (χ3n) is 3.99. The second-order valence-electron chi connectivity index (χ2n) is 6.92. The first-order chi connectivity index (χ1) is 12.0. The molecule has 5 nitrogen and oxygen atoms in total. The van der Waals surface area contributed by atoms with Gasteiger partial charge in [0.1, 0.15) is 23.7 Å². The molecule has 3 rings (SSSR count). The van der Waals surface area contributed by atoms with Gasteiger partial charge in [-0.2, -0.15) is 0 Å². The molecule has 0 aliphatic rings. The smallest absolute Gasteiger partial charge is 0.270 e. The Morgan fingerprint density at radius 3 is 2.72 bits per heavy atom. The van der Waals surface area contributed by atoms with Gasteiger partial charge in [0.15, 0.2) is 0 Å². The predicted molar refractivity (Wildman–Crippen MR) is 98.2 cm³/mol. The summed E-state index contributed by atoms with van der Waals surface area (Å²) in [5.74, 6) is 0.699. The molecule has 2 aromatic heterocycles. The Bertz CT molecular complexity index is 878. The molecule has 0 atom stereocenters. The number of carbonyl (C=O) groups excluding carboxylic acids is 1. The second kappa shape index (κ2) is 6.97. The Balaban J connectivity index is 1.58. The second-order valence-corrected chi connectivity index (χ2v) is 6.92. The van der Waals surface area contributed by atoms with E-state index in [9.17, 15) is 4.79 Å². The van der Waals surface area contributed by atoms with Gasteiger partial charge in [-0.3, -0.25) is 9.20 Å². The van der Waals surface area contributed by atoms with Crippen LogP contribution in [0.3, 0.4) is 0 Å². The van der Waals surface area contributed by atoms with Crippen molar-refractivity contribution >= 4 is 11.6 Å². The topological polar surface area (TPSA) is 55.6 Å². The summed E-state index contributed by atoms with van der Waals surface area (Å²) in [6, 6.07) is 13.6. The molecule has 0 spiro atoms. The molecule has 1 amide bonds. The van der Waals surface area contributed by atoms with Gasteiger partial charge in [0.25, 0.3) is 5.91 Å². The normalized spacial score (nSPS) is 11.5. The minimum atomic E-state index is -0.161. The van der Waals surface area contributed by atoms with Gasteiger partial charge in [-0.1, -0.05) is 45.0 Å². The van der Waals surface area contributed by atoms with Crippen LogP contribution in [0.25, 0.3) is 5.65 Å². The highest BCUT2D eigenvalue weighted by Gasteiger charge is 2.18. The number of para-hydroxylation sites is 1. The van der Waals surface area contributed by atoms with Crippen molar-refractivity contribution in [2.75, 3.05) is 13.2 Å². The molecule has 5 heteroatoms. The van der Waals surface area contributed by atoms with Crippen molar-refractivity contribution in [1.82, 2.24) is 14.7 Å². The largest absolute Gasteiger partial charge is 0.491 e. The Labute approximate surface area is 147 Å². The maximum absolute atomic E-state index is 12.3. The van der Waals surface area contributed by atoms with Crippen LogP contribution in [-0.2, 0) is 5.41 Å². The van der Waals surface area contributed by atoms with Crippen LogP contribution in [-0.4, -0.2) is 28.4 Å². The van der Waals surface area contributed by atoms with E-state index in [1.807, 2.05) is 42.6 Å². The molecule has 3 aromatic rings. The lowest BCUT2D eigenvalue weighted by atomic mass is 9.86. The van der Waals surface area contributed by atoms with E-state index in [1.165, 1.54) is 0 Å². The summed E-state index contributed by atoms with van der Waals surface area (Å²) < 4.78 is 7.65. The number of hydrogen-bond acceptors (Lipinski definition) is 3. The number of benzene rings is 1. The SMILES string of the molecule is CC(C)(C)c1ccccc1OCCNC(=O)c1cnc2ccccn12. The van der Waals surface area contributed by atoms with Crippen LogP contribution >= 0.6 is 0 Å². The van der Waals surface area contributed by atoms with E-state index >= 15 is 0 Å². The van der Waals surface area contributed by atoms with Crippen molar-refractivity contribution in [3.63, 3.8) is 0 Å². The van der Waals surface area contributed by atoms with Crippen LogP contribution in [0, 0.1) is 0 Å². The van der Waals surface area contributed by atoms with Crippen LogP contribution in [0.4, 0.5) is 0 Å². The number of nitrogens with one attached hydrogen (secondary N) is 1. The van der Waals surface area contributed by atoms with Gasteiger partial charge in [0.2, 0.25) is 0 Å². The molecule has 0 saturated heterocycles. The first-order valence-corrected chi connectivity index (χ1v) is 8.39. The molecule has 25 heavy (non-hydrogen) atoms. The number of imidazole rings is 1. The van der Waals surface area contributed by atoms with Gasteiger partial charge in [-0.05, 0) is 29.2 Å². The van der Waals surface area contributed by atoms with Gasteiger partial charge in [0.05, 0.1) is 12.7 Å². The summed E-state index contributed by atoms with van der Waals surface area (Å²) >= 11 is 0. The van der Waals surface area contributed by atoms with Crippen molar-refractivity contribution in [2.45, 2.75) is 26.2 Å². The predicted octanol–water partition coefficient (Wildman–Crippen LogP) is 3.44. The highest BCUT2D eigenvalue weighted by Crippen LogP contribution is 2.30. The molecular weight excluding hydrogens is 314 g/mol. The van der Waals surface area contributed by atoms with Gasteiger partial charge in [0, 0.05) is 6.20 Å². The minimum Gasteiger partial charge on any atom is -0.491 e. The molecule has 0 unspecified atom stereocenters. The Morgan fingerprint density at radius 2 is 1.92 bits per heavy atom. The van der Waals surface area contributed by atoms with Crippen molar-refractivity contribution in [1.29, 1.82) is 0 Å². The fourth-order valence-electron chi connectivity index (χ4n) is 2.73. The zero-order chi connectivity index (χ0) is 17.9. The van der Waals surface area contributed by atoms with Crippen molar-refractivity contribution in [2.24, 2.45) is 0 Å². The summed E-state index contributed by atoms with van der Waals surface area (Å²) in [5.41, 5.74) is 2.44. The lowest BCUT2D eigenvalue weighted by Crippen LogP contribution is -2.29. The molecule has 1 N–H and O–H groups in total. The maximum atomic E-state index is 12.3. The van der Waals surface area contributed by atoms with Gasteiger partial charge < -0.3 is 10.1 Å². The van der Waals surface area contributed by atoms with Gasteiger partial charge in [-0.25, -0.2) is 4.98 Å². The van der Waals surface area contributed by atoms with E-state index in [-0.39, 0.29) is 11.3 Å². The fraction of sp³-hybridized carbons (Fsp3) is 0.300. The van der Waals surface area contributed by atoms with Crippen molar-refractivity contribution < 1.29 is 9.53 Å². The highest BCUT2D eigenvalue weighted by molar-refractivity contribution is 5.93. The van der Waals surface area contributed by atoms with E-state index in [0.29, 0.717) is 18.8 Å². The van der Waals surface area contributed by atoms with Crippen LogP contribution in [0.15, 0.2) is 54.9 Å². The van der Waals surface area contributed by atoms with Gasteiger partial charge in [-0.15, -0.1) is 0 Å². The maximum Gasteiger partial charge on any atom is 0.270 e. The van der Waals surface area contributed by atoms with Crippen LogP contribution in [0.2, 0.25) is 0 Å². The van der Waals surface area contributed by atoms with E-state index in [4.69, 9.17) is 4.74 Å². The molecule has 0 bridgehead atoms. The number of amides is 1. The third kappa shape index (κ3) is 3.82. The first-order valence-electron chi connectivity index (χ1n) is 8.39. The number of ether oxygens (including phenoxy) is 1.